The van der Waals surface area contributed by atoms with Gasteiger partial charge in [-0.15, -0.1) is 0 Å². The molecule has 0 saturated heterocycles. The summed E-state index contributed by atoms with van der Waals surface area (Å²) in [6.45, 7) is 4.63. The van der Waals surface area contributed by atoms with E-state index in [1.54, 1.807) is 7.11 Å². The van der Waals surface area contributed by atoms with E-state index in [-0.39, 0.29) is 11.6 Å². The molecule has 0 heterocycles. The van der Waals surface area contributed by atoms with Crippen LogP contribution in [0.25, 0.3) is 0 Å². The molecule has 1 aromatic rings. The molecule has 3 N–H and O–H groups in total. The van der Waals surface area contributed by atoms with E-state index in [1.807, 2.05) is 44.2 Å². The van der Waals surface area contributed by atoms with Gasteiger partial charge in [0.15, 0.2) is 0 Å². The van der Waals surface area contributed by atoms with Crippen molar-refractivity contribution in [2.24, 2.45) is 0 Å². The van der Waals surface area contributed by atoms with Crippen LogP contribution in [-0.2, 0) is 4.74 Å². The molecule has 1 rings (SSSR count). The van der Waals surface area contributed by atoms with Crippen molar-refractivity contribution < 1.29 is 14.6 Å². The third-order valence-corrected chi connectivity index (χ3v) is 3.11. The lowest BCUT2D eigenvalue weighted by atomic mass is 10.1. The van der Waals surface area contributed by atoms with Crippen molar-refractivity contribution in [3.05, 3.63) is 35.9 Å². The monoisotopic (exact) mass is 280 g/mol. The molecule has 0 aromatic heterocycles. The van der Waals surface area contributed by atoms with E-state index in [2.05, 4.69) is 10.6 Å². The SMILES string of the molecule is COC(C)(C)CNC(=O)NCCC(O)c1ccccc1. The molecule has 5 heteroatoms. The fourth-order valence-corrected chi connectivity index (χ4v) is 1.59. The minimum atomic E-state index is -0.563. The number of aliphatic hydroxyl groups excluding tert-OH is 1. The van der Waals surface area contributed by atoms with Gasteiger partial charge in [0.25, 0.3) is 0 Å². The Morgan fingerprint density at radius 2 is 1.95 bits per heavy atom. The number of methoxy groups -OCH3 is 1. The average Bonchev–Trinajstić information content (AvgIpc) is 2.46. The second-order valence-electron chi connectivity index (χ2n) is 5.29. The smallest absolute Gasteiger partial charge is 0.314 e. The highest BCUT2D eigenvalue weighted by molar-refractivity contribution is 5.73. The van der Waals surface area contributed by atoms with Crippen LogP contribution in [0.1, 0.15) is 31.9 Å². The molecular weight excluding hydrogens is 256 g/mol. The number of carbonyl (C=O) groups is 1. The van der Waals surface area contributed by atoms with Crippen LogP contribution in [0.15, 0.2) is 30.3 Å². The minimum Gasteiger partial charge on any atom is -0.388 e. The second kappa shape index (κ2) is 7.87. The lowest BCUT2D eigenvalue weighted by molar-refractivity contribution is 0.0253. The van der Waals surface area contributed by atoms with E-state index < -0.39 is 6.10 Å². The summed E-state index contributed by atoms with van der Waals surface area (Å²) in [6.07, 6.45) is -0.0858. The third-order valence-electron chi connectivity index (χ3n) is 3.11. The fourth-order valence-electron chi connectivity index (χ4n) is 1.59. The molecule has 0 saturated carbocycles. The quantitative estimate of drug-likeness (QED) is 0.713. The first-order valence-corrected chi connectivity index (χ1v) is 6.74. The first-order chi connectivity index (χ1) is 9.44. The van der Waals surface area contributed by atoms with Crippen molar-refractivity contribution in [3.8, 4) is 0 Å². The molecule has 0 aliphatic heterocycles. The molecule has 1 unspecified atom stereocenters. The van der Waals surface area contributed by atoms with Gasteiger partial charge in [0.05, 0.1) is 11.7 Å². The van der Waals surface area contributed by atoms with E-state index in [0.717, 1.165) is 5.56 Å². The number of urea groups is 1. The first kappa shape index (κ1) is 16.5. The Balaban J connectivity index is 2.22. The zero-order valence-electron chi connectivity index (χ0n) is 12.3. The van der Waals surface area contributed by atoms with Crippen molar-refractivity contribution in [2.45, 2.75) is 32.0 Å². The molecule has 1 aromatic carbocycles. The topological polar surface area (TPSA) is 70.6 Å². The van der Waals surface area contributed by atoms with Crippen molar-refractivity contribution in [1.29, 1.82) is 0 Å². The van der Waals surface area contributed by atoms with E-state index in [9.17, 15) is 9.90 Å². The van der Waals surface area contributed by atoms with Gasteiger partial charge in [-0.05, 0) is 25.8 Å². The van der Waals surface area contributed by atoms with Crippen LogP contribution in [0.2, 0.25) is 0 Å². The van der Waals surface area contributed by atoms with Crippen molar-refractivity contribution in [1.82, 2.24) is 10.6 Å². The van der Waals surface area contributed by atoms with E-state index in [1.165, 1.54) is 0 Å². The molecule has 1 atom stereocenters. The molecule has 0 spiro atoms. The summed E-state index contributed by atoms with van der Waals surface area (Å²) in [5.41, 5.74) is 0.469. The molecule has 0 bridgehead atoms. The predicted molar refractivity (Wildman–Crippen MR) is 78.5 cm³/mol. The Labute approximate surface area is 120 Å². The number of rotatable bonds is 7. The standard InChI is InChI=1S/C15H24N2O3/c1-15(2,20-3)11-17-14(19)16-10-9-13(18)12-7-5-4-6-8-12/h4-8,13,18H,9-11H2,1-3H3,(H2,16,17,19). The molecule has 2 amide bonds. The summed E-state index contributed by atoms with van der Waals surface area (Å²) >= 11 is 0. The number of nitrogens with one attached hydrogen (secondary N) is 2. The Bertz CT molecular complexity index is 407. The van der Waals surface area contributed by atoms with Gasteiger partial charge in [-0.1, -0.05) is 30.3 Å². The molecule has 0 aliphatic carbocycles. The van der Waals surface area contributed by atoms with Crippen LogP contribution in [0.5, 0.6) is 0 Å². The van der Waals surface area contributed by atoms with Crippen LogP contribution in [0.3, 0.4) is 0 Å². The fraction of sp³-hybridized carbons (Fsp3) is 0.533. The average molecular weight is 280 g/mol. The van der Waals surface area contributed by atoms with Crippen LogP contribution < -0.4 is 10.6 Å². The molecule has 20 heavy (non-hydrogen) atoms. The lowest BCUT2D eigenvalue weighted by Crippen LogP contribution is -2.44. The van der Waals surface area contributed by atoms with Crippen molar-refractivity contribution >= 4 is 6.03 Å². The molecule has 0 fully saturated rings. The first-order valence-electron chi connectivity index (χ1n) is 6.74. The highest BCUT2D eigenvalue weighted by Gasteiger charge is 2.17. The zero-order valence-corrected chi connectivity index (χ0v) is 12.3. The number of aliphatic hydroxyl groups is 1. The summed E-state index contributed by atoms with van der Waals surface area (Å²) in [7, 11) is 1.61. The maximum Gasteiger partial charge on any atom is 0.314 e. The number of hydrogen-bond donors (Lipinski definition) is 3. The van der Waals surface area contributed by atoms with Crippen LogP contribution in [-0.4, -0.2) is 36.9 Å². The molecule has 0 radical (unpaired) electrons. The number of amides is 2. The van der Waals surface area contributed by atoms with Crippen molar-refractivity contribution in [2.75, 3.05) is 20.2 Å². The highest BCUT2D eigenvalue weighted by Crippen LogP contribution is 2.14. The molecule has 5 nitrogen and oxygen atoms in total. The van der Waals surface area contributed by atoms with E-state index in [0.29, 0.717) is 19.5 Å². The lowest BCUT2D eigenvalue weighted by Gasteiger charge is -2.23. The van der Waals surface area contributed by atoms with Gasteiger partial charge in [-0.25, -0.2) is 4.79 Å². The van der Waals surface area contributed by atoms with Gasteiger partial charge in [-0.2, -0.15) is 0 Å². The van der Waals surface area contributed by atoms with Gasteiger partial charge < -0.3 is 20.5 Å². The molecular formula is C15H24N2O3. The number of hydrogen-bond acceptors (Lipinski definition) is 3. The Morgan fingerprint density at radius 1 is 1.30 bits per heavy atom. The molecule has 0 aliphatic rings. The van der Waals surface area contributed by atoms with Gasteiger partial charge in [0, 0.05) is 20.2 Å². The Morgan fingerprint density at radius 3 is 2.55 bits per heavy atom. The van der Waals surface area contributed by atoms with Gasteiger partial charge in [-0.3, -0.25) is 0 Å². The van der Waals surface area contributed by atoms with Gasteiger partial charge in [0.1, 0.15) is 0 Å². The van der Waals surface area contributed by atoms with Crippen molar-refractivity contribution in [3.63, 3.8) is 0 Å². The molecule has 112 valence electrons. The number of benzene rings is 1. The summed E-state index contributed by atoms with van der Waals surface area (Å²) in [4.78, 5) is 11.6. The maximum atomic E-state index is 11.6. The zero-order chi connectivity index (χ0) is 15.0. The van der Waals surface area contributed by atoms with E-state index >= 15 is 0 Å². The summed E-state index contributed by atoms with van der Waals surface area (Å²) in [6, 6.07) is 9.14. The Hall–Kier alpha value is -1.59. The third kappa shape index (κ3) is 6.04. The van der Waals surface area contributed by atoms with Gasteiger partial charge in [0.2, 0.25) is 0 Å². The summed E-state index contributed by atoms with van der Waals surface area (Å²) < 4.78 is 5.21. The van der Waals surface area contributed by atoms with Crippen LogP contribution >= 0.6 is 0 Å². The summed E-state index contributed by atoms with van der Waals surface area (Å²) in [5, 5.41) is 15.4. The summed E-state index contributed by atoms with van der Waals surface area (Å²) in [5.74, 6) is 0. The Kier molecular flexibility index (Phi) is 6.48. The van der Waals surface area contributed by atoms with Gasteiger partial charge >= 0.3 is 6.03 Å². The van der Waals surface area contributed by atoms with Crippen LogP contribution in [0.4, 0.5) is 4.79 Å². The number of carbonyl (C=O) groups excluding carboxylic acids is 1. The van der Waals surface area contributed by atoms with Crippen LogP contribution in [0, 0.1) is 0 Å². The normalized spacial score (nSPS) is 12.8. The van der Waals surface area contributed by atoms with E-state index in [4.69, 9.17) is 4.74 Å². The number of ether oxygens (including phenoxy) is 1. The minimum absolute atomic E-state index is 0.254. The largest absolute Gasteiger partial charge is 0.388 e. The maximum absolute atomic E-state index is 11.6. The highest BCUT2D eigenvalue weighted by atomic mass is 16.5. The predicted octanol–water partition coefficient (Wildman–Crippen LogP) is 1.83. The second-order valence-corrected chi connectivity index (χ2v) is 5.29.